The van der Waals surface area contributed by atoms with Crippen molar-refractivity contribution >= 4 is 30.6 Å². The van der Waals surface area contributed by atoms with Crippen molar-refractivity contribution in [3.8, 4) is 0 Å². The average Bonchev–Trinajstić information content (AvgIpc) is 2.31. The van der Waals surface area contributed by atoms with Gasteiger partial charge in [-0.2, -0.15) is 0 Å². The lowest BCUT2D eigenvalue weighted by molar-refractivity contribution is 0.679. The second kappa shape index (κ2) is 7.65. The number of anilines is 1. The molecule has 0 aliphatic heterocycles. The molecule has 0 aromatic heterocycles. The molecule has 1 nitrogen and oxygen atoms in total. The average molecular weight is 252 g/mol. The van der Waals surface area contributed by atoms with Crippen molar-refractivity contribution in [1.29, 1.82) is 0 Å². The van der Waals surface area contributed by atoms with E-state index < -0.39 is 0 Å². The molecule has 1 aromatic rings. The fraction of sp³-hybridized carbons (Fsp3) is 0.571. The fourth-order valence-electron chi connectivity index (χ4n) is 2.06. The van der Waals surface area contributed by atoms with Crippen LogP contribution in [0.2, 0.25) is 5.02 Å². The highest BCUT2D eigenvalue weighted by Crippen LogP contribution is 2.23. The zero-order valence-electron chi connectivity index (χ0n) is 11.3. The highest BCUT2D eigenvalue weighted by molar-refractivity contribution is 6.41. The molecular weight excluding hydrogens is 228 g/mol. The van der Waals surface area contributed by atoms with Gasteiger partial charge in [0.1, 0.15) is 7.85 Å². The number of halogens is 1. The van der Waals surface area contributed by atoms with E-state index >= 15 is 0 Å². The monoisotopic (exact) mass is 251 g/mol. The van der Waals surface area contributed by atoms with Crippen LogP contribution in [-0.2, 0) is 0 Å². The topological polar surface area (TPSA) is 3.24 Å². The van der Waals surface area contributed by atoms with Gasteiger partial charge in [-0.25, -0.2) is 0 Å². The van der Waals surface area contributed by atoms with Crippen molar-refractivity contribution in [3.63, 3.8) is 0 Å². The van der Waals surface area contributed by atoms with E-state index in [0.29, 0.717) is 0 Å². The third-order valence-electron chi connectivity index (χ3n) is 3.07. The summed E-state index contributed by atoms with van der Waals surface area (Å²) in [5.41, 5.74) is 2.51. The van der Waals surface area contributed by atoms with Gasteiger partial charge < -0.3 is 4.90 Å². The van der Waals surface area contributed by atoms with Gasteiger partial charge in [-0.05, 0) is 18.9 Å². The van der Waals surface area contributed by atoms with E-state index in [1.165, 1.54) is 36.8 Å². The van der Waals surface area contributed by atoms with Crippen molar-refractivity contribution in [1.82, 2.24) is 0 Å². The predicted molar refractivity (Wildman–Crippen MR) is 81.7 cm³/mol. The number of benzene rings is 1. The molecule has 0 heterocycles. The molecule has 0 saturated heterocycles. The Morgan fingerprint density at radius 2 is 1.71 bits per heavy atom. The van der Waals surface area contributed by atoms with E-state index in [1.54, 1.807) is 0 Å². The first kappa shape index (κ1) is 14.4. The maximum absolute atomic E-state index is 6.34. The summed E-state index contributed by atoms with van der Waals surface area (Å²) in [6, 6.07) is 6.17. The van der Waals surface area contributed by atoms with Crippen LogP contribution in [0.25, 0.3) is 0 Å². The standard InChI is InChI=1S/C14H23BClN/c1-3-5-10-17(11-6-4-2)14-12(15)8-7-9-13(14)16/h7-9H,3-6,10-11,15H2,1-2H3. The fourth-order valence-corrected chi connectivity index (χ4v) is 2.40. The van der Waals surface area contributed by atoms with E-state index in [1.807, 2.05) is 12.1 Å². The molecule has 0 saturated carbocycles. The molecule has 0 N–H and O–H groups in total. The zero-order valence-corrected chi connectivity index (χ0v) is 12.1. The summed E-state index contributed by atoms with van der Waals surface area (Å²) in [4.78, 5) is 2.45. The molecule has 0 radical (unpaired) electrons. The lowest BCUT2D eigenvalue weighted by atomic mass is 9.93. The van der Waals surface area contributed by atoms with Crippen LogP contribution in [0.5, 0.6) is 0 Å². The Hall–Kier alpha value is -0.625. The van der Waals surface area contributed by atoms with Gasteiger partial charge in [0.05, 0.1) is 5.02 Å². The summed E-state index contributed by atoms with van der Waals surface area (Å²) in [7, 11) is 2.14. The molecule has 1 rings (SSSR count). The zero-order chi connectivity index (χ0) is 12.7. The van der Waals surface area contributed by atoms with Crippen LogP contribution in [0.1, 0.15) is 39.5 Å². The quantitative estimate of drug-likeness (QED) is 0.674. The molecule has 94 valence electrons. The lowest BCUT2D eigenvalue weighted by Gasteiger charge is -2.27. The molecule has 3 heteroatoms. The first-order valence-corrected chi connectivity index (χ1v) is 7.08. The van der Waals surface area contributed by atoms with Gasteiger partial charge in [-0.3, -0.25) is 0 Å². The summed E-state index contributed by atoms with van der Waals surface area (Å²) in [6.07, 6.45) is 4.92. The van der Waals surface area contributed by atoms with E-state index in [0.717, 1.165) is 18.1 Å². The summed E-state index contributed by atoms with van der Waals surface area (Å²) < 4.78 is 0. The van der Waals surface area contributed by atoms with Crippen LogP contribution < -0.4 is 10.4 Å². The van der Waals surface area contributed by atoms with Gasteiger partial charge >= 0.3 is 0 Å². The van der Waals surface area contributed by atoms with E-state index in [9.17, 15) is 0 Å². The number of rotatable bonds is 7. The van der Waals surface area contributed by atoms with Crippen molar-refractivity contribution in [3.05, 3.63) is 23.2 Å². The number of unbranched alkanes of at least 4 members (excludes halogenated alkanes) is 2. The van der Waals surface area contributed by atoms with Gasteiger partial charge in [0.2, 0.25) is 0 Å². The predicted octanol–water partition coefficient (Wildman–Crippen LogP) is 3.01. The minimum atomic E-state index is 0.886. The summed E-state index contributed by atoms with van der Waals surface area (Å²) in [6.45, 7) is 6.69. The molecule has 0 unspecified atom stereocenters. The van der Waals surface area contributed by atoms with Crippen molar-refractivity contribution in [2.24, 2.45) is 0 Å². The summed E-state index contributed by atoms with van der Waals surface area (Å²) in [5.74, 6) is 0. The Balaban J connectivity index is 2.86. The van der Waals surface area contributed by atoms with Crippen LogP contribution in [0.15, 0.2) is 18.2 Å². The third-order valence-corrected chi connectivity index (χ3v) is 3.37. The third kappa shape index (κ3) is 4.27. The number of para-hydroxylation sites is 1. The minimum absolute atomic E-state index is 0.886. The highest BCUT2D eigenvalue weighted by atomic mass is 35.5. The molecular formula is C14H23BClN. The number of hydrogen-bond donors (Lipinski definition) is 0. The summed E-state index contributed by atoms with van der Waals surface area (Å²) in [5, 5.41) is 0.886. The molecule has 0 spiro atoms. The minimum Gasteiger partial charge on any atom is -0.371 e. The largest absolute Gasteiger partial charge is 0.371 e. The van der Waals surface area contributed by atoms with Crippen molar-refractivity contribution < 1.29 is 0 Å². The molecule has 0 bridgehead atoms. The Morgan fingerprint density at radius 3 is 2.18 bits per heavy atom. The molecule has 0 amide bonds. The van der Waals surface area contributed by atoms with Crippen LogP contribution in [0, 0.1) is 0 Å². The van der Waals surface area contributed by atoms with Crippen molar-refractivity contribution in [2.45, 2.75) is 39.5 Å². The van der Waals surface area contributed by atoms with Gasteiger partial charge in [0.15, 0.2) is 0 Å². The molecule has 0 atom stereocenters. The van der Waals surface area contributed by atoms with E-state index in [2.05, 4.69) is 32.7 Å². The normalized spacial score (nSPS) is 10.5. The summed E-state index contributed by atoms with van der Waals surface area (Å²) >= 11 is 6.34. The SMILES string of the molecule is Bc1cccc(Cl)c1N(CCCC)CCCC. The van der Waals surface area contributed by atoms with Gasteiger partial charge in [0, 0.05) is 18.8 Å². The van der Waals surface area contributed by atoms with Crippen LogP contribution >= 0.6 is 11.6 Å². The second-order valence-electron chi connectivity index (χ2n) is 4.60. The Bertz CT molecular complexity index is 313. The smallest absolute Gasteiger partial charge is 0.142 e. The first-order chi connectivity index (χ1) is 8.20. The van der Waals surface area contributed by atoms with Crippen molar-refractivity contribution in [2.75, 3.05) is 18.0 Å². The van der Waals surface area contributed by atoms with Crippen LogP contribution in [0.4, 0.5) is 5.69 Å². The maximum atomic E-state index is 6.34. The second-order valence-corrected chi connectivity index (χ2v) is 5.01. The Kier molecular flexibility index (Phi) is 6.50. The molecule has 0 fully saturated rings. The van der Waals surface area contributed by atoms with E-state index in [4.69, 9.17) is 11.6 Å². The van der Waals surface area contributed by atoms with Gasteiger partial charge in [-0.1, -0.05) is 55.9 Å². The number of hydrogen-bond acceptors (Lipinski definition) is 1. The van der Waals surface area contributed by atoms with E-state index in [-0.39, 0.29) is 0 Å². The van der Waals surface area contributed by atoms with Gasteiger partial charge in [0.25, 0.3) is 0 Å². The molecule has 17 heavy (non-hydrogen) atoms. The molecule has 1 aromatic carbocycles. The van der Waals surface area contributed by atoms with Crippen LogP contribution in [-0.4, -0.2) is 20.9 Å². The number of nitrogens with zero attached hydrogens (tertiary/aromatic N) is 1. The van der Waals surface area contributed by atoms with Gasteiger partial charge in [-0.15, -0.1) is 0 Å². The Morgan fingerprint density at radius 1 is 1.12 bits per heavy atom. The molecule has 0 aliphatic carbocycles. The van der Waals surface area contributed by atoms with Crippen LogP contribution in [0.3, 0.4) is 0 Å². The molecule has 0 aliphatic rings. The first-order valence-electron chi connectivity index (χ1n) is 6.70. The maximum Gasteiger partial charge on any atom is 0.142 e. The highest BCUT2D eigenvalue weighted by Gasteiger charge is 2.11. The lowest BCUT2D eigenvalue weighted by Crippen LogP contribution is -2.30. The Labute approximate surface area is 112 Å².